The zero-order valence-electron chi connectivity index (χ0n) is 39.7. The van der Waals surface area contributed by atoms with Gasteiger partial charge >= 0.3 is 12.1 Å². The summed E-state index contributed by atoms with van der Waals surface area (Å²) in [5.74, 6) is -1.43. The van der Waals surface area contributed by atoms with Crippen molar-refractivity contribution in [3.63, 3.8) is 0 Å². The Balaban J connectivity index is 0.000000206. The van der Waals surface area contributed by atoms with E-state index in [1.165, 1.54) is 64.7 Å². The first-order valence-corrected chi connectivity index (χ1v) is 22.1. The van der Waals surface area contributed by atoms with Crippen molar-refractivity contribution in [1.29, 1.82) is 0 Å². The minimum absolute atomic E-state index is 0.00405. The minimum atomic E-state index is -0.557. The molecule has 0 aliphatic carbocycles. The maximum Gasteiger partial charge on any atom is 0.337 e. The molecule has 14 nitrogen and oxygen atoms in total. The fourth-order valence-electron chi connectivity index (χ4n) is 8.09. The molecule has 0 bridgehead atoms. The van der Waals surface area contributed by atoms with E-state index in [1.807, 2.05) is 0 Å². The van der Waals surface area contributed by atoms with Crippen molar-refractivity contribution in [1.82, 2.24) is 20.7 Å². The second-order valence-corrected chi connectivity index (χ2v) is 16.1. The van der Waals surface area contributed by atoms with Gasteiger partial charge in [0.2, 0.25) is 0 Å². The maximum atomic E-state index is 15.6. The Labute approximate surface area is 402 Å². The predicted molar refractivity (Wildman–Crippen MR) is 261 cm³/mol. The monoisotopic (exact) mass is 960 g/mol. The number of anilines is 4. The van der Waals surface area contributed by atoms with Gasteiger partial charge in [0, 0.05) is 58.9 Å². The number of nitrogens with one attached hydrogen (secondary N) is 4. The van der Waals surface area contributed by atoms with Crippen molar-refractivity contribution in [3.05, 3.63) is 166 Å². The number of nitrogens with zero attached hydrogens (tertiary/aromatic N) is 4. The molecule has 2 heterocycles. The Morgan fingerprint density at radius 2 is 0.900 bits per heavy atom. The van der Waals surface area contributed by atoms with Gasteiger partial charge in [0.05, 0.1) is 63.3 Å². The van der Waals surface area contributed by atoms with Crippen molar-refractivity contribution in [2.45, 2.75) is 38.8 Å². The summed E-state index contributed by atoms with van der Waals surface area (Å²) < 4.78 is 80.5. The Bertz CT molecular complexity index is 2760. The van der Waals surface area contributed by atoms with Crippen molar-refractivity contribution in [3.8, 4) is 23.0 Å². The SMILES string of the molecule is CNC(=O)N1N=C(c2ccc(Nc3ccccc3F)cc2)c2cc(OC)c(OC)c(F)c2CC1C.CNC(=O)N1N=C(c2ccc(Nc3ccccc3F)cc2)c2cc(OC)c(OC)c(F)c2C[C@@H]1C. The third-order valence-electron chi connectivity index (χ3n) is 11.7. The number of carbonyl (C=O) groups excluding carboxylic acids is 2. The molecule has 0 saturated carbocycles. The van der Waals surface area contributed by atoms with Crippen molar-refractivity contribution >= 4 is 46.2 Å². The number of carbonyl (C=O) groups is 2. The lowest BCUT2D eigenvalue weighted by Crippen LogP contribution is -2.41. The van der Waals surface area contributed by atoms with Gasteiger partial charge in [0.25, 0.3) is 0 Å². The Morgan fingerprint density at radius 1 is 0.543 bits per heavy atom. The molecule has 1 unspecified atom stereocenters. The quantitative estimate of drug-likeness (QED) is 0.0992. The van der Waals surface area contributed by atoms with E-state index in [0.29, 0.717) is 67.6 Å². The van der Waals surface area contributed by atoms with Gasteiger partial charge in [-0.05, 0) is 87.4 Å². The number of hydrogen-bond acceptors (Lipinski definition) is 10. The van der Waals surface area contributed by atoms with Crippen LogP contribution >= 0.6 is 0 Å². The van der Waals surface area contributed by atoms with E-state index in [4.69, 9.17) is 18.9 Å². The molecule has 364 valence electrons. The van der Waals surface area contributed by atoms with Gasteiger partial charge in [-0.3, -0.25) is 0 Å². The third-order valence-corrected chi connectivity index (χ3v) is 11.7. The van der Waals surface area contributed by atoms with E-state index in [9.17, 15) is 18.4 Å². The standard InChI is InChI=1S/2C26H26F2N4O3/c2*1-15-13-18-19(14-22(34-3)25(35-4)23(18)28)24(31-32(15)26(33)29-2)16-9-11-17(12-10-16)30-21-8-6-5-7-20(21)27/h2*5-12,14-15,30H,13H2,1-4H3,(H,29,33)/t15-;/m0./s1. The van der Waals surface area contributed by atoms with Crippen LogP contribution in [0.5, 0.6) is 23.0 Å². The smallest absolute Gasteiger partial charge is 0.337 e. The first kappa shape index (κ1) is 49.6. The summed E-state index contributed by atoms with van der Waals surface area (Å²) in [6, 6.07) is 28.5. The van der Waals surface area contributed by atoms with Crippen LogP contribution in [0.25, 0.3) is 0 Å². The van der Waals surface area contributed by atoms with Crippen molar-refractivity contribution in [2.24, 2.45) is 10.2 Å². The largest absolute Gasteiger partial charge is 0.493 e. The van der Waals surface area contributed by atoms with Crippen LogP contribution in [0.2, 0.25) is 0 Å². The number of hydrogen-bond donors (Lipinski definition) is 4. The highest BCUT2D eigenvalue weighted by atomic mass is 19.1. The number of benzene rings is 6. The van der Waals surface area contributed by atoms with E-state index in [0.717, 1.165) is 0 Å². The van der Waals surface area contributed by atoms with Crippen LogP contribution in [0.1, 0.15) is 47.2 Å². The van der Waals surface area contributed by atoms with Crippen LogP contribution < -0.4 is 40.2 Å². The molecule has 2 aliphatic rings. The summed E-state index contributed by atoms with van der Waals surface area (Å²) in [4.78, 5) is 25.2. The fraction of sp³-hybridized carbons (Fsp3) is 0.231. The van der Waals surface area contributed by atoms with Crippen LogP contribution in [0.4, 0.5) is 49.9 Å². The molecule has 70 heavy (non-hydrogen) atoms. The number of para-hydroxylation sites is 2. The molecule has 0 radical (unpaired) electrons. The van der Waals surface area contributed by atoms with Gasteiger partial charge < -0.3 is 40.2 Å². The van der Waals surface area contributed by atoms with Crippen LogP contribution in [-0.4, -0.2) is 88.1 Å². The van der Waals surface area contributed by atoms with Gasteiger partial charge in [-0.2, -0.15) is 10.2 Å². The summed E-state index contributed by atoms with van der Waals surface area (Å²) >= 11 is 0. The molecule has 0 aromatic heterocycles. The van der Waals surface area contributed by atoms with E-state index >= 15 is 8.78 Å². The number of fused-ring (bicyclic) bond motifs is 2. The number of amides is 4. The first-order valence-electron chi connectivity index (χ1n) is 22.1. The molecule has 4 amide bonds. The summed E-state index contributed by atoms with van der Waals surface area (Å²) in [6.07, 6.45) is 0.434. The summed E-state index contributed by atoms with van der Waals surface area (Å²) in [6.45, 7) is 3.59. The Kier molecular flexibility index (Phi) is 15.4. The van der Waals surface area contributed by atoms with Crippen LogP contribution in [-0.2, 0) is 12.8 Å². The first-order chi connectivity index (χ1) is 33.7. The molecule has 6 aromatic carbocycles. The van der Waals surface area contributed by atoms with E-state index < -0.39 is 35.8 Å². The van der Waals surface area contributed by atoms with Crippen LogP contribution in [0.15, 0.2) is 119 Å². The second kappa shape index (κ2) is 21.8. The number of hydrazone groups is 2. The normalized spacial score (nSPS) is 15.0. The molecule has 8 rings (SSSR count). The lowest BCUT2D eigenvalue weighted by atomic mass is 9.93. The molecular weight excluding hydrogens is 909 g/mol. The highest BCUT2D eigenvalue weighted by molar-refractivity contribution is 6.15. The highest BCUT2D eigenvalue weighted by Crippen LogP contribution is 2.40. The van der Waals surface area contributed by atoms with Gasteiger partial charge in [0.15, 0.2) is 34.6 Å². The number of halogens is 4. The molecule has 4 N–H and O–H groups in total. The summed E-state index contributed by atoms with van der Waals surface area (Å²) in [7, 11) is 8.64. The molecule has 2 atom stereocenters. The molecule has 0 spiro atoms. The van der Waals surface area contributed by atoms with Gasteiger partial charge in [-0.25, -0.2) is 37.2 Å². The van der Waals surface area contributed by atoms with Crippen LogP contribution in [0.3, 0.4) is 0 Å². The zero-order valence-corrected chi connectivity index (χ0v) is 39.7. The average molecular weight is 961 g/mol. The number of urea groups is 2. The molecule has 6 aromatic rings. The second-order valence-electron chi connectivity index (χ2n) is 16.1. The molecule has 18 heteroatoms. The van der Waals surface area contributed by atoms with Gasteiger partial charge in [0.1, 0.15) is 11.6 Å². The zero-order chi connectivity index (χ0) is 50.2. The van der Waals surface area contributed by atoms with Gasteiger partial charge in [-0.15, -0.1) is 0 Å². The maximum absolute atomic E-state index is 15.6. The fourth-order valence-corrected chi connectivity index (χ4v) is 8.09. The third kappa shape index (κ3) is 10.3. The lowest BCUT2D eigenvalue weighted by molar-refractivity contribution is 0.183. The number of rotatable bonds is 10. The minimum Gasteiger partial charge on any atom is -0.493 e. The van der Waals surface area contributed by atoms with E-state index in [1.54, 1.807) is 111 Å². The topological polar surface area (TPSA) is 150 Å². The van der Waals surface area contributed by atoms with E-state index in [2.05, 4.69) is 31.5 Å². The Morgan fingerprint density at radius 3 is 1.21 bits per heavy atom. The average Bonchev–Trinajstić information content (AvgIpc) is 3.62. The lowest BCUT2D eigenvalue weighted by Gasteiger charge is -2.22. The molecule has 0 fully saturated rings. The van der Waals surface area contributed by atoms with E-state index in [-0.39, 0.29) is 47.5 Å². The Hall–Kier alpha value is -8.28. The van der Waals surface area contributed by atoms with Crippen molar-refractivity contribution < 1.29 is 46.1 Å². The molecule has 0 saturated heterocycles. The summed E-state index contributed by atoms with van der Waals surface area (Å²) in [5, 5.41) is 23.1. The molecular formula is C52H52F4N8O6. The summed E-state index contributed by atoms with van der Waals surface area (Å²) in [5.41, 5.74) is 5.79. The predicted octanol–water partition coefficient (Wildman–Crippen LogP) is 10.1. The molecule has 2 aliphatic heterocycles. The van der Waals surface area contributed by atoms with Crippen molar-refractivity contribution in [2.75, 3.05) is 53.2 Å². The number of methoxy groups -OCH3 is 4. The number of ether oxygens (including phenoxy) is 4. The highest BCUT2D eigenvalue weighted by Gasteiger charge is 2.33. The van der Waals surface area contributed by atoms with Crippen LogP contribution in [0, 0.1) is 23.3 Å². The van der Waals surface area contributed by atoms with Gasteiger partial charge in [-0.1, -0.05) is 48.5 Å².